The SMILES string of the molecule is Cc1cnc(CNc2ccc(F)cc2C(=O)O)s1. The molecule has 0 aliphatic rings. The van der Waals surface area contributed by atoms with Crippen molar-refractivity contribution in [1.29, 1.82) is 0 Å². The molecule has 1 aromatic carbocycles. The Balaban J connectivity index is 2.16. The van der Waals surface area contributed by atoms with Gasteiger partial charge in [-0.3, -0.25) is 0 Å². The van der Waals surface area contributed by atoms with E-state index in [1.807, 2.05) is 6.92 Å². The van der Waals surface area contributed by atoms with Crippen molar-refractivity contribution in [3.63, 3.8) is 0 Å². The molecular weight excluding hydrogens is 255 g/mol. The number of aromatic carboxylic acids is 1. The number of rotatable bonds is 4. The molecule has 0 aliphatic heterocycles. The number of thiazole rings is 1. The summed E-state index contributed by atoms with van der Waals surface area (Å²) in [5, 5.41) is 12.8. The van der Waals surface area contributed by atoms with E-state index in [1.165, 1.54) is 23.5 Å². The van der Waals surface area contributed by atoms with Crippen molar-refractivity contribution >= 4 is 23.0 Å². The maximum atomic E-state index is 13.0. The number of hydrogen-bond acceptors (Lipinski definition) is 4. The molecule has 0 saturated heterocycles. The zero-order valence-corrected chi connectivity index (χ0v) is 10.4. The van der Waals surface area contributed by atoms with Crippen molar-refractivity contribution < 1.29 is 14.3 Å². The Labute approximate surface area is 107 Å². The lowest BCUT2D eigenvalue weighted by atomic mass is 10.1. The average molecular weight is 266 g/mol. The number of anilines is 1. The largest absolute Gasteiger partial charge is 0.478 e. The van der Waals surface area contributed by atoms with Crippen molar-refractivity contribution in [3.8, 4) is 0 Å². The summed E-state index contributed by atoms with van der Waals surface area (Å²) >= 11 is 1.53. The molecule has 1 aromatic heterocycles. The van der Waals surface area contributed by atoms with E-state index in [1.54, 1.807) is 6.20 Å². The molecule has 0 fully saturated rings. The lowest BCUT2D eigenvalue weighted by Gasteiger charge is -2.08. The van der Waals surface area contributed by atoms with E-state index in [0.29, 0.717) is 12.2 Å². The first-order valence-corrected chi connectivity index (χ1v) is 6.06. The Hall–Kier alpha value is -1.95. The fraction of sp³-hybridized carbons (Fsp3) is 0.167. The van der Waals surface area contributed by atoms with Crippen LogP contribution in [-0.4, -0.2) is 16.1 Å². The fourth-order valence-electron chi connectivity index (χ4n) is 1.50. The van der Waals surface area contributed by atoms with Crippen LogP contribution < -0.4 is 5.32 Å². The predicted octanol–water partition coefficient (Wildman–Crippen LogP) is 2.90. The van der Waals surface area contributed by atoms with Crippen LogP contribution in [0.25, 0.3) is 0 Å². The van der Waals surface area contributed by atoms with Gasteiger partial charge in [0.1, 0.15) is 10.8 Å². The van der Waals surface area contributed by atoms with Gasteiger partial charge < -0.3 is 10.4 Å². The number of hydrogen-bond donors (Lipinski definition) is 2. The summed E-state index contributed by atoms with van der Waals surface area (Å²) in [5.74, 6) is -1.73. The highest BCUT2D eigenvalue weighted by Gasteiger charge is 2.11. The van der Waals surface area contributed by atoms with E-state index in [4.69, 9.17) is 5.11 Å². The average Bonchev–Trinajstić information content (AvgIpc) is 2.73. The van der Waals surface area contributed by atoms with E-state index < -0.39 is 11.8 Å². The Morgan fingerprint density at radius 2 is 2.33 bits per heavy atom. The first kappa shape index (κ1) is 12.5. The smallest absolute Gasteiger partial charge is 0.337 e. The topological polar surface area (TPSA) is 62.2 Å². The first-order valence-electron chi connectivity index (χ1n) is 5.24. The van der Waals surface area contributed by atoms with Crippen molar-refractivity contribution in [2.75, 3.05) is 5.32 Å². The van der Waals surface area contributed by atoms with Crippen LogP contribution in [0.4, 0.5) is 10.1 Å². The van der Waals surface area contributed by atoms with Gasteiger partial charge >= 0.3 is 5.97 Å². The summed E-state index contributed by atoms with van der Waals surface area (Å²) < 4.78 is 13.0. The number of halogens is 1. The van der Waals surface area contributed by atoms with Crippen molar-refractivity contribution in [2.24, 2.45) is 0 Å². The van der Waals surface area contributed by atoms with Gasteiger partial charge in [-0.25, -0.2) is 14.2 Å². The first-order chi connectivity index (χ1) is 8.56. The van der Waals surface area contributed by atoms with Gasteiger partial charge in [0.25, 0.3) is 0 Å². The summed E-state index contributed by atoms with van der Waals surface area (Å²) in [5.41, 5.74) is 0.306. The zero-order valence-electron chi connectivity index (χ0n) is 9.61. The highest BCUT2D eigenvalue weighted by Crippen LogP contribution is 2.19. The van der Waals surface area contributed by atoms with Gasteiger partial charge in [-0.05, 0) is 25.1 Å². The minimum absolute atomic E-state index is 0.0803. The third kappa shape index (κ3) is 2.84. The van der Waals surface area contributed by atoms with Crippen LogP contribution in [0.15, 0.2) is 24.4 Å². The van der Waals surface area contributed by atoms with Gasteiger partial charge in [0.05, 0.1) is 12.1 Å². The number of carboxylic acids is 1. The predicted molar refractivity (Wildman–Crippen MR) is 67.5 cm³/mol. The van der Waals surface area contributed by atoms with Gasteiger partial charge in [0.2, 0.25) is 0 Å². The Bertz CT molecular complexity index is 583. The van der Waals surface area contributed by atoms with Crippen molar-refractivity contribution in [1.82, 2.24) is 4.98 Å². The number of benzene rings is 1. The van der Waals surface area contributed by atoms with Gasteiger partial charge in [-0.1, -0.05) is 0 Å². The molecule has 0 aliphatic carbocycles. The summed E-state index contributed by atoms with van der Waals surface area (Å²) in [4.78, 5) is 16.2. The highest BCUT2D eigenvalue weighted by atomic mass is 32.1. The van der Waals surface area contributed by atoms with Gasteiger partial charge in [-0.2, -0.15) is 0 Å². The number of nitrogens with zero attached hydrogens (tertiary/aromatic N) is 1. The molecule has 6 heteroatoms. The van der Waals surface area contributed by atoms with Crippen molar-refractivity contribution in [3.05, 3.63) is 45.7 Å². The third-order valence-electron chi connectivity index (χ3n) is 2.31. The van der Waals surface area contributed by atoms with Crippen LogP contribution in [0, 0.1) is 12.7 Å². The molecule has 0 atom stereocenters. The molecule has 18 heavy (non-hydrogen) atoms. The molecule has 2 aromatic rings. The maximum absolute atomic E-state index is 13.0. The fourth-order valence-corrected chi connectivity index (χ4v) is 2.23. The lowest BCUT2D eigenvalue weighted by molar-refractivity contribution is 0.0697. The van der Waals surface area contributed by atoms with Crippen LogP contribution in [0.1, 0.15) is 20.2 Å². The second kappa shape index (κ2) is 5.14. The van der Waals surface area contributed by atoms with E-state index in [-0.39, 0.29) is 5.56 Å². The Kier molecular flexibility index (Phi) is 3.57. The number of nitrogens with one attached hydrogen (secondary N) is 1. The van der Waals surface area contributed by atoms with Crippen LogP contribution in [-0.2, 0) is 6.54 Å². The van der Waals surface area contributed by atoms with Crippen LogP contribution >= 0.6 is 11.3 Å². The molecule has 0 saturated carbocycles. The van der Waals surface area contributed by atoms with E-state index in [9.17, 15) is 9.18 Å². The molecule has 0 radical (unpaired) electrons. The number of aromatic nitrogens is 1. The molecular formula is C12H11FN2O2S. The van der Waals surface area contributed by atoms with Gasteiger partial charge in [0.15, 0.2) is 0 Å². The van der Waals surface area contributed by atoms with E-state index in [2.05, 4.69) is 10.3 Å². The quantitative estimate of drug-likeness (QED) is 0.893. The summed E-state index contributed by atoms with van der Waals surface area (Å²) in [7, 11) is 0. The minimum Gasteiger partial charge on any atom is -0.478 e. The molecule has 0 bridgehead atoms. The Morgan fingerprint density at radius 3 is 2.94 bits per heavy atom. The lowest BCUT2D eigenvalue weighted by Crippen LogP contribution is -2.06. The maximum Gasteiger partial charge on any atom is 0.337 e. The molecule has 94 valence electrons. The van der Waals surface area contributed by atoms with Gasteiger partial charge in [0, 0.05) is 16.8 Å². The zero-order chi connectivity index (χ0) is 13.1. The summed E-state index contributed by atoms with van der Waals surface area (Å²) in [6, 6.07) is 3.64. The van der Waals surface area contributed by atoms with Crippen LogP contribution in [0.2, 0.25) is 0 Å². The molecule has 0 spiro atoms. The van der Waals surface area contributed by atoms with E-state index in [0.717, 1.165) is 16.0 Å². The van der Waals surface area contributed by atoms with Gasteiger partial charge in [-0.15, -0.1) is 11.3 Å². The summed E-state index contributed by atoms with van der Waals surface area (Å²) in [6.45, 7) is 2.37. The number of carboxylic acid groups (broad SMARTS) is 1. The second-order valence-corrected chi connectivity index (χ2v) is 5.03. The monoisotopic (exact) mass is 266 g/mol. The Morgan fingerprint density at radius 1 is 1.56 bits per heavy atom. The second-order valence-electron chi connectivity index (χ2n) is 3.71. The van der Waals surface area contributed by atoms with Crippen LogP contribution in [0.3, 0.4) is 0 Å². The van der Waals surface area contributed by atoms with Crippen LogP contribution in [0.5, 0.6) is 0 Å². The molecule has 0 unspecified atom stereocenters. The molecule has 2 rings (SSSR count). The molecule has 4 nitrogen and oxygen atoms in total. The van der Waals surface area contributed by atoms with Crippen molar-refractivity contribution in [2.45, 2.75) is 13.5 Å². The van der Waals surface area contributed by atoms with E-state index >= 15 is 0 Å². The summed E-state index contributed by atoms with van der Waals surface area (Å²) in [6.07, 6.45) is 1.75. The number of carbonyl (C=O) groups is 1. The highest BCUT2D eigenvalue weighted by molar-refractivity contribution is 7.11. The normalized spacial score (nSPS) is 10.3. The number of aryl methyl sites for hydroxylation is 1. The molecule has 2 N–H and O–H groups in total. The minimum atomic E-state index is -1.16. The third-order valence-corrected chi connectivity index (χ3v) is 3.22. The molecule has 1 heterocycles. The molecule has 0 amide bonds. The standard InChI is InChI=1S/C12H11FN2O2S/c1-7-5-15-11(18-7)6-14-10-3-2-8(13)4-9(10)12(16)17/h2-5,14H,6H2,1H3,(H,16,17).